The second-order valence-electron chi connectivity index (χ2n) is 9.50. The Bertz CT molecular complexity index is 1430. The van der Waals surface area contributed by atoms with Crippen molar-refractivity contribution in [1.82, 2.24) is 14.5 Å². The van der Waals surface area contributed by atoms with Gasteiger partial charge in [0, 0.05) is 26.6 Å². The number of nitrogens with one attached hydrogen (secondary N) is 1. The highest BCUT2D eigenvalue weighted by Gasteiger charge is 2.32. The van der Waals surface area contributed by atoms with Crippen LogP contribution in [0.5, 0.6) is 17.2 Å². The van der Waals surface area contributed by atoms with E-state index in [1.165, 1.54) is 11.9 Å². The van der Waals surface area contributed by atoms with Crippen molar-refractivity contribution in [3.63, 3.8) is 0 Å². The quantitative estimate of drug-likeness (QED) is 0.358. The van der Waals surface area contributed by atoms with Gasteiger partial charge in [-0.2, -0.15) is 4.31 Å². The summed E-state index contributed by atoms with van der Waals surface area (Å²) in [6.07, 6.45) is 1.27. The van der Waals surface area contributed by atoms with Gasteiger partial charge in [-0.15, -0.1) is 0 Å². The molecule has 11 heteroatoms. The van der Waals surface area contributed by atoms with Gasteiger partial charge in [0.2, 0.25) is 28.6 Å². The fourth-order valence-electron chi connectivity index (χ4n) is 4.24. The van der Waals surface area contributed by atoms with E-state index in [9.17, 15) is 18.0 Å². The summed E-state index contributed by atoms with van der Waals surface area (Å²) in [6, 6.07) is 21.0. The number of hydrogen-bond donors (Lipinski definition) is 1. The molecular weight excluding hydrogens is 534 g/mol. The monoisotopic (exact) mass is 567 g/mol. The lowest BCUT2D eigenvalue weighted by Gasteiger charge is -2.32. The van der Waals surface area contributed by atoms with Crippen molar-refractivity contribution < 1.29 is 32.2 Å². The zero-order valence-corrected chi connectivity index (χ0v) is 23.5. The predicted octanol–water partition coefficient (Wildman–Crippen LogP) is 2.57. The topological polar surface area (TPSA) is 114 Å². The van der Waals surface area contributed by atoms with Gasteiger partial charge in [-0.1, -0.05) is 48.5 Å². The molecule has 3 aromatic carbocycles. The highest BCUT2D eigenvalue weighted by atomic mass is 32.2. The Labute approximate surface area is 234 Å². The SMILES string of the molecule is COc1ccc(CN(C(=O)CN(C)S(C)(=O)=O)[C@H](Cc2ccccc2)C(=O)NCc2ccc3c(c2)OCO3)cc1. The molecule has 1 heterocycles. The molecule has 1 aliphatic rings. The number of benzene rings is 3. The lowest BCUT2D eigenvalue weighted by atomic mass is 10.0. The third kappa shape index (κ3) is 7.51. The van der Waals surface area contributed by atoms with E-state index < -0.39 is 28.5 Å². The molecule has 4 rings (SSSR count). The number of rotatable bonds is 12. The molecule has 1 atom stereocenters. The van der Waals surface area contributed by atoms with Crippen molar-refractivity contribution in [2.45, 2.75) is 25.6 Å². The molecule has 3 aromatic rings. The molecule has 212 valence electrons. The van der Waals surface area contributed by atoms with Crippen molar-refractivity contribution in [1.29, 1.82) is 0 Å². The first-order valence-corrected chi connectivity index (χ1v) is 14.5. The molecule has 0 fully saturated rings. The van der Waals surface area contributed by atoms with Gasteiger partial charge in [-0.3, -0.25) is 9.59 Å². The van der Waals surface area contributed by atoms with Crippen LogP contribution in [0.25, 0.3) is 0 Å². The lowest BCUT2D eigenvalue weighted by Crippen LogP contribution is -2.52. The van der Waals surface area contributed by atoms with Crippen LogP contribution >= 0.6 is 0 Å². The van der Waals surface area contributed by atoms with Crippen molar-refractivity contribution in [2.75, 3.05) is 33.8 Å². The molecule has 1 N–H and O–H groups in total. The highest BCUT2D eigenvalue weighted by molar-refractivity contribution is 7.88. The van der Waals surface area contributed by atoms with E-state index in [2.05, 4.69) is 5.32 Å². The van der Waals surface area contributed by atoms with Crippen molar-refractivity contribution in [2.24, 2.45) is 0 Å². The van der Waals surface area contributed by atoms with Crippen LogP contribution < -0.4 is 19.5 Å². The summed E-state index contributed by atoms with van der Waals surface area (Å²) in [7, 11) is -0.723. The van der Waals surface area contributed by atoms with E-state index in [1.54, 1.807) is 31.4 Å². The highest BCUT2D eigenvalue weighted by Crippen LogP contribution is 2.32. The molecule has 0 unspecified atom stereocenters. The lowest BCUT2D eigenvalue weighted by molar-refractivity contribution is -0.141. The number of nitrogens with zero attached hydrogens (tertiary/aromatic N) is 2. The number of amides is 2. The van der Waals surface area contributed by atoms with Crippen LogP contribution in [-0.2, 0) is 39.1 Å². The Morgan fingerprint density at radius 2 is 1.62 bits per heavy atom. The Morgan fingerprint density at radius 1 is 0.950 bits per heavy atom. The number of sulfonamides is 1. The molecule has 0 bridgehead atoms. The van der Waals surface area contributed by atoms with E-state index in [0.29, 0.717) is 17.2 Å². The molecule has 0 saturated carbocycles. The van der Waals surface area contributed by atoms with Gasteiger partial charge in [0.1, 0.15) is 11.8 Å². The molecule has 1 aliphatic heterocycles. The minimum Gasteiger partial charge on any atom is -0.497 e. The summed E-state index contributed by atoms with van der Waals surface area (Å²) in [5.74, 6) is 1.03. The summed E-state index contributed by atoms with van der Waals surface area (Å²) < 4.78 is 41.2. The Balaban J connectivity index is 1.63. The first-order valence-electron chi connectivity index (χ1n) is 12.7. The average molecular weight is 568 g/mol. The van der Waals surface area contributed by atoms with Crippen LogP contribution in [0.15, 0.2) is 72.8 Å². The average Bonchev–Trinajstić information content (AvgIpc) is 3.42. The second kappa shape index (κ2) is 12.8. The molecule has 0 spiro atoms. The molecule has 0 aliphatic carbocycles. The van der Waals surface area contributed by atoms with Crippen LogP contribution in [0.4, 0.5) is 0 Å². The van der Waals surface area contributed by atoms with E-state index in [0.717, 1.165) is 27.3 Å². The molecule has 0 radical (unpaired) electrons. The van der Waals surface area contributed by atoms with Crippen LogP contribution in [-0.4, -0.2) is 69.2 Å². The number of carbonyl (C=O) groups is 2. The van der Waals surface area contributed by atoms with Crippen LogP contribution in [0, 0.1) is 0 Å². The van der Waals surface area contributed by atoms with Crippen LogP contribution in [0.2, 0.25) is 0 Å². The van der Waals surface area contributed by atoms with E-state index in [-0.39, 0.29) is 32.2 Å². The number of hydrogen-bond acceptors (Lipinski definition) is 7. The van der Waals surface area contributed by atoms with Gasteiger partial charge in [0.15, 0.2) is 11.5 Å². The molecule has 10 nitrogen and oxygen atoms in total. The van der Waals surface area contributed by atoms with Crippen molar-refractivity contribution in [3.05, 3.63) is 89.5 Å². The number of ether oxygens (including phenoxy) is 3. The molecule has 2 amide bonds. The summed E-state index contributed by atoms with van der Waals surface area (Å²) >= 11 is 0. The van der Waals surface area contributed by atoms with Crippen molar-refractivity contribution in [3.8, 4) is 17.2 Å². The van der Waals surface area contributed by atoms with Crippen LogP contribution in [0.3, 0.4) is 0 Å². The summed E-state index contributed by atoms with van der Waals surface area (Å²) in [6.45, 7) is 0.0360. The maximum atomic E-state index is 13.8. The molecule has 0 aromatic heterocycles. The van der Waals surface area contributed by atoms with Gasteiger partial charge in [-0.25, -0.2) is 8.42 Å². The minimum absolute atomic E-state index is 0.0926. The maximum Gasteiger partial charge on any atom is 0.243 e. The molecule has 40 heavy (non-hydrogen) atoms. The minimum atomic E-state index is -3.62. The first-order chi connectivity index (χ1) is 19.1. The summed E-state index contributed by atoms with van der Waals surface area (Å²) in [5.41, 5.74) is 2.42. The number of methoxy groups -OCH3 is 1. The second-order valence-corrected chi connectivity index (χ2v) is 11.6. The summed E-state index contributed by atoms with van der Waals surface area (Å²) in [5, 5.41) is 2.95. The molecule has 0 saturated heterocycles. The van der Waals surface area contributed by atoms with E-state index in [1.807, 2.05) is 48.5 Å². The number of fused-ring (bicyclic) bond motifs is 1. The zero-order valence-electron chi connectivity index (χ0n) is 22.7. The molecular formula is C29H33N3O7S. The standard InChI is InChI=1S/C29H33N3O7S/c1-31(40(3,35)36)19-28(33)32(18-22-9-12-24(37-2)13-10-22)25(15-21-7-5-4-6-8-21)29(34)30-17-23-11-14-26-27(16-23)39-20-38-26/h4-14,16,25H,15,17-20H2,1-3H3,(H,30,34)/t25-/m1/s1. The fourth-order valence-corrected chi connectivity index (χ4v) is 4.58. The van der Waals surface area contributed by atoms with Crippen LogP contribution in [0.1, 0.15) is 16.7 Å². The Morgan fingerprint density at radius 3 is 2.30 bits per heavy atom. The van der Waals surface area contributed by atoms with Gasteiger partial charge < -0.3 is 24.4 Å². The van der Waals surface area contributed by atoms with Gasteiger partial charge >= 0.3 is 0 Å². The maximum absolute atomic E-state index is 13.8. The van der Waals surface area contributed by atoms with Gasteiger partial charge in [0.25, 0.3) is 0 Å². The Hall–Kier alpha value is -4.09. The van der Waals surface area contributed by atoms with E-state index >= 15 is 0 Å². The number of carbonyl (C=O) groups excluding carboxylic acids is 2. The smallest absolute Gasteiger partial charge is 0.243 e. The fraction of sp³-hybridized carbons (Fsp3) is 0.310. The first kappa shape index (κ1) is 28.9. The predicted molar refractivity (Wildman–Crippen MR) is 149 cm³/mol. The zero-order chi connectivity index (χ0) is 28.7. The largest absolute Gasteiger partial charge is 0.497 e. The van der Waals surface area contributed by atoms with E-state index in [4.69, 9.17) is 14.2 Å². The van der Waals surface area contributed by atoms with Gasteiger partial charge in [-0.05, 0) is 41.0 Å². The summed E-state index contributed by atoms with van der Waals surface area (Å²) in [4.78, 5) is 28.8. The van der Waals surface area contributed by atoms with Gasteiger partial charge in [0.05, 0.1) is 19.9 Å². The Kier molecular flexibility index (Phi) is 9.28. The number of likely N-dealkylation sites (N-methyl/N-ethyl adjacent to an activating group) is 1. The van der Waals surface area contributed by atoms with Crippen molar-refractivity contribution >= 4 is 21.8 Å². The third-order valence-corrected chi connectivity index (χ3v) is 7.87. The normalized spacial score (nSPS) is 13.1. The third-order valence-electron chi connectivity index (χ3n) is 6.61.